The van der Waals surface area contributed by atoms with Gasteiger partial charge in [-0.1, -0.05) is 0 Å². The van der Waals surface area contributed by atoms with Crippen LogP contribution in [0.4, 0.5) is 16.0 Å². The second kappa shape index (κ2) is 3.45. The molecule has 0 saturated heterocycles. The van der Waals surface area contributed by atoms with Gasteiger partial charge in [0.15, 0.2) is 17.5 Å². The summed E-state index contributed by atoms with van der Waals surface area (Å²) in [6, 6.07) is 4.65. The minimum atomic E-state index is -0.395. The topological polar surface area (TPSA) is 53.6 Å². The predicted octanol–water partition coefficient (Wildman–Crippen LogP) is 2.00. The molecule has 0 atom stereocenters. The predicted molar refractivity (Wildman–Crippen MR) is 50.8 cm³/mol. The van der Waals surface area contributed by atoms with Gasteiger partial charge in [0, 0.05) is 18.0 Å². The van der Waals surface area contributed by atoms with E-state index in [1.807, 2.05) is 6.92 Å². The molecule has 4 nitrogen and oxygen atoms in total. The van der Waals surface area contributed by atoms with E-state index in [1.54, 1.807) is 6.07 Å². The van der Waals surface area contributed by atoms with Gasteiger partial charge in [-0.05, 0) is 19.1 Å². The maximum atomic E-state index is 13.1. The Morgan fingerprint density at radius 1 is 1.50 bits per heavy atom. The van der Waals surface area contributed by atoms with Crippen LogP contribution >= 0.6 is 0 Å². The largest absolute Gasteiger partial charge is 0.321 e. The number of aromatic nitrogens is 3. The van der Waals surface area contributed by atoms with Crippen LogP contribution in [-0.2, 0) is 0 Å². The Morgan fingerprint density at radius 2 is 2.36 bits per heavy atom. The van der Waals surface area contributed by atoms with Gasteiger partial charge in [0.05, 0.1) is 0 Å². The van der Waals surface area contributed by atoms with Crippen LogP contribution in [0.2, 0.25) is 0 Å². The molecule has 0 unspecified atom stereocenters. The molecule has 2 rings (SSSR count). The van der Waals surface area contributed by atoms with Crippen molar-refractivity contribution in [3.8, 4) is 0 Å². The van der Waals surface area contributed by atoms with Crippen molar-refractivity contribution in [2.45, 2.75) is 6.92 Å². The van der Waals surface area contributed by atoms with Crippen LogP contribution in [-0.4, -0.2) is 15.2 Å². The number of anilines is 2. The third kappa shape index (κ3) is 1.71. The van der Waals surface area contributed by atoms with Crippen LogP contribution in [0.3, 0.4) is 0 Å². The third-order valence-corrected chi connectivity index (χ3v) is 1.71. The van der Waals surface area contributed by atoms with Gasteiger partial charge in [-0.3, -0.25) is 5.10 Å². The van der Waals surface area contributed by atoms with Gasteiger partial charge < -0.3 is 5.32 Å². The van der Waals surface area contributed by atoms with E-state index in [1.165, 1.54) is 18.3 Å². The summed E-state index contributed by atoms with van der Waals surface area (Å²) in [7, 11) is 0. The lowest BCUT2D eigenvalue weighted by atomic mass is 10.4. The average molecular weight is 192 g/mol. The van der Waals surface area contributed by atoms with Gasteiger partial charge in [0.2, 0.25) is 0 Å². The highest BCUT2D eigenvalue weighted by molar-refractivity contribution is 5.51. The fourth-order valence-electron chi connectivity index (χ4n) is 1.08. The summed E-state index contributed by atoms with van der Waals surface area (Å²) >= 11 is 0. The third-order valence-electron chi connectivity index (χ3n) is 1.71. The summed E-state index contributed by atoms with van der Waals surface area (Å²) in [6.45, 7) is 1.87. The zero-order chi connectivity index (χ0) is 9.97. The minimum Gasteiger partial charge on any atom is -0.321 e. The molecule has 5 heteroatoms. The zero-order valence-electron chi connectivity index (χ0n) is 7.58. The van der Waals surface area contributed by atoms with Crippen molar-refractivity contribution in [1.29, 1.82) is 0 Å². The van der Waals surface area contributed by atoms with E-state index < -0.39 is 5.82 Å². The molecule has 0 aromatic carbocycles. The first-order valence-electron chi connectivity index (χ1n) is 4.15. The van der Waals surface area contributed by atoms with E-state index in [9.17, 15) is 4.39 Å². The Hall–Kier alpha value is -1.91. The number of pyridine rings is 1. The van der Waals surface area contributed by atoms with E-state index in [0.29, 0.717) is 5.82 Å². The Balaban J connectivity index is 2.23. The highest BCUT2D eigenvalue weighted by Crippen LogP contribution is 2.14. The minimum absolute atomic E-state index is 0.180. The lowest BCUT2D eigenvalue weighted by Crippen LogP contribution is -1.96. The Kier molecular flexibility index (Phi) is 2.14. The summed E-state index contributed by atoms with van der Waals surface area (Å²) in [5, 5.41) is 9.42. The molecule has 2 heterocycles. The van der Waals surface area contributed by atoms with E-state index in [0.717, 1.165) is 5.69 Å². The van der Waals surface area contributed by atoms with Crippen LogP contribution < -0.4 is 5.32 Å². The molecule has 0 fully saturated rings. The van der Waals surface area contributed by atoms with Gasteiger partial charge in [0.25, 0.3) is 0 Å². The summed E-state index contributed by atoms with van der Waals surface area (Å²) in [4.78, 5) is 3.84. The lowest BCUT2D eigenvalue weighted by Gasteiger charge is -2.01. The van der Waals surface area contributed by atoms with Crippen LogP contribution in [0, 0.1) is 12.7 Å². The number of aromatic amines is 1. The fourth-order valence-corrected chi connectivity index (χ4v) is 1.08. The summed E-state index contributed by atoms with van der Waals surface area (Å²) in [5.74, 6) is 0.340. The molecular weight excluding hydrogens is 183 g/mol. The first-order valence-corrected chi connectivity index (χ1v) is 4.15. The van der Waals surface area contributed by atoms with Gasteiger partial charge in [-0.15, -0.1) is 0 Å². The molecule has 0 aliphatic rings. The second-order valence-electron chi connectivity index (χ2n) is 2.90. The van der Waals surface area contributed by atoms with Crippen LogP contribution in [0.1, 0.15) is 5.69 Å². The molecule has 72 valence electrons. The van der Waals surface area contributed by atoms with Gasteiger partial charge in [-0.2, -0.15) is 5.10 Å². The Bertz CT molecular complexity index is 438. The summed E-state index contributed by atoms with van der Waals surface area (Å²) < 4.78 is 13.1. The molecule has 2 aromatic heterocycles. The SMILES string of the molecule is Cc1cc(Nc2ncccc2F)n[nH]1. The molecule has 0 saturated carbocycles. The van der Waals surface area contributed by atoms with Crippen molar-refractivity contribution < 1.29 is 4.39 Å². The van der Waals surface area contributed by atoms with Crippen LogP contribution in [0.25, 0.3) is 0 Å². The van der Waals surface area contributed by atoms with Crippen molar-refractivity contribution in [1.82, 2.24) is 15.2 Å². The van der Waals surface area contributed by atoms with Crippen LogP contribution in [0.15, 0.2) is 24.4 Å². The van der Waals surface area contributed by atoms with Crippen molar-refractivity contribution in [2.75, 3.05) is 5.32 Å². The monoisotopic (exact) mass is 192 g/mol. The van der Waals surface area contributed by atoms with Gasteiger partial charge >= 0.3 is 0 Å². The molecule has 2 N–H and O–H groups in total. The maximum Gasteiger partial charge on any atom is 0.167 e. The first-order chi connectivity index (χ1) is 6.75. The molecular formula is C9H9FN4. The number of halogens is 1. The van der Waals surface area contributed by atoms with Crippen molar-refractivity contribution >= 4 is 11.6 Å². The number of nitrogens with zero attached hydrogens (tertiary/aromatic N) is 2. The number of H-pyrrole nitrogens is 1. The van der Waals surface area contributed by atoms with Crippen LogP contribution in [0.5, 0.6) is 0 Å². The zero-order valence-corrected chi connectivity index (χ0v) is 7.58. The highest BCUT2D eigenvalue weighted by Gasteiger charge is 2.03. The van der Waals surface area contributed by atoms with Gasteiger partial charge in [0.1, 0.15) is 0 Å². The normalized spacial score (nSPS) is 10.1. The Morgan fingerprint density at radius 3 is 3.00 bits per heavy atom. The number of hydrogen-bond acceptors (Lipinski definition) is 3. The lowest BCUT2D eigenvalue weighted by molar-refractivity contribution is 0.626. The summed E-state index contributed by atoms with van der Waals surface area (Å²) in [6.07, 6.45) is 1.52. The number of aryl methyl sites for hydroxylation is 1. The summed E-state index contributed by atoms with van der Waals surface area (Å²) in [5.41, 5.74) is 0.906. The molecule has 0 radical (unpaired) electrons. The quantitative estimate of drug-likeness (QED) is 0.765. The number of hydrogen-bond donors (Lipinski definition) is 2. The number of nitrogens with one attached hydrogen (secondary N) is 2. The molecule has 0 aliphatic heterocycles. The average Bonchev–Trinajstić information content (AvgIpc) is 2.56. The second-order valence-corrected chi connectivity index (χ2v) is 2.90. The smallest absolute Gasteiger partial charge is 0.167 e. The first kappa shape index (κ1) is 8.68. The molecule has 0 spiro atoms. The molecule has 2 aromatic rings. The van der Waals surface area contributed by atoms with E-state index in [4.69, 9.17) is 0 Å². The van der Waals surface area contributed by atoms with E-state index >= 15 is 0 Å². The fraction of sp³-hybridized carbons (Fsp3) is 0.111. The Labute approximate surface area is 80.2 Å². The molecule has 0 amide bonds. The molecule has 14 heavy (non-hydrogen) atoms. The van der Waals surface area contributed by atoms with Gasteiger partial charge in [-0.25, -0.2) is 9.37 Å². The van der Waals surface area contributed by atoms with Crippen molar-refractivity contribution in [2.24, 2.45) is 0 Å². The van der Waals surface area contributed by atoms with E-state index in [2.05, 4.69) is 20.5 Å². The molecule has 0 bridgehead atoms. The van der Waals surface area contributed by atoms with E-state index in [-0.39, 0.29) is 5.82 Å². The highest BCUT2D eigenvalue weighted by atomic mass is 19.1. The van der Waals surface area contributed by atoms with Crippen molar-refractivity contribution in [3.63, 3.8) is 0 Å². The maximum absolute atomic E-state index is 13.1. The van der Waals surface area contributed by atoms with Crippen molar-refractivity contribution in [3.05, 3.63) is 35.9 Å². The number of rotatable bonds is 2. The molecule has 0 aliphatic carbocycles. The standard InChI is InChI=1S/C9H9FN4/c1-6-5-8(14-13-6)12-9-7(10)3-2-4-11-9/h2-5H,1H3,(H2,11,12,13,14).